The number of imide groups is 1. The first-order chi connectivity index (χ1) is 11.5. The molecule has 0 aromatic heterocycles. The molecule has 5 nitrogen and oxygen atoms in total. The molecule has 0 radical (unpaired) electrons. The maximum Gasteiger partial charge on any atom is 0.261 e. The standard InChI is InChI=1S/C19H24N2O3/c1-13-7-8-15-16(11-13)19(24)21(18(15)23)10-9-17(22)20(2)12-14-5-3-4-6-14/h7-8,11,14H,3-6,9-10,12H2,1-2H3. The molecule has 1 heterocycles. The third-order valence-electron chi connectivity index (χ3n) is 5.11. The van der Waals surface area contributed by atoms with Crippen molar-refractivity contribution in [3.8, 4) is 0 Å². The Morgan fingerprint density at radius 2 is 1.83 bits per heavy atom. The highest BCUT2D eigenvalue weighted by Gasteiger charge is 2.35. The lowest BCUT2D eigenvalue weighted by Gasteiger charge is -2.22. The molecule has 0 unspecified atom stereocenters. The van der Waals surface area contributed by atoms with Crippen molar-refractivity contribution in [2.45, 2.75) is 39.0 Å². The molecular weight excluding hydrogens is 304 g/mol. The Kier molecular flexibility index (Phi) is 4.69. The number of benzene rings is 1. The van der Waals surface area contributed by atoms with Gasteiger partial charge in [0.2, 0.25) is 5.91 Å². The number of nitrogens with zero attached hydrogens (tertiary/aromatic N) is 2. The van der Waals surface area contributed by atoms with Gasteiger partial charge < -0.3 is 4.90 Å². The number of fused-ring (bicyclic) bond motifs is 1. The van der Waals surface area contributed by atoms with E-state index >= 15 is 0 Å². The summed E-state index contributed by atoms with van der Waals surface area (Å²) < 4.78 is 0. The minimum Gasteiger partial charge on any atom is -0.345 e. The average molecular weight is 328 g/mol. The van der Waals surface area contributed by atoms with Gasteiger partial charge in [-0.2, -0.15) is 0 Å². The van der Waals surface area contributed by atoms with E-state index in [4.69, 9.17) is 0 Å². The normalized spacial score (nSPS) is 17.5. The molecule has 24 heavy (non-hydrogen) atoms. The van der Waals surface area contributed by atoms with Crippen molar-refractivity contribution in [2.75, 3.05) is 20.1 Å². The van der Waals surface area contributed by atoms with E-state index in [-0.39, 0.29) is 30.7 Å². The Morgan fingerprint density at radius 1 is 1.17 bits per heavy atom. The van der Waals surface area contributed by atoms with Crippen molar-refractivity contribution >= 4 is 17.7 Å². The molecule has 0 atom stereocenters. The summed E-state index contributed by atoms with van der Waals surface area (Å²) in [5.41, 5.74) is 1.84. The quantitative estimate of drug-likeness (QED) is 0.781. The van der Waals surface area contributed by atoms with Crippen LogP contribution >= 0.6 is 0 Å². The summed E-state index contributed by atoms with van der Waals surface area (Å²) in [6.45, 7) is 2.82. The zero-order chi connectivity index (χ0) is 17.3. The Balaban J connectivity index is 1.57. The van der Waals surface area contributed by atoms with E-state index in [9.17, 15) is 14.4 Å². The van der Waals surface area contributed by atoms with Gasteiger partial charge in [-0.15, -0.1) is 0 Å². The number of hydrogen-bond acceptors (Lipinski definition) is 3. The topological polar surface area (TPSA) is 57.7 Å². The van der Waals surface area contributed by atoms with Crippen LogP contribution in [-0.2, 0) is 4.79 Å². The van der Waals surface area contributed by atoms with Gasteiger partial charge in [-0.25, -0.2) is 0 Å². The SMILES string of the molecule is Cc1ccc2c(c1)C(=O)N(CCC(=O)N(C)CC1CCCC1)C2=O. The van der Waals surface area contributed by atoms with E-state index < -0.39 is 0 Å². The highest BCUT2D eigenvalue weighted by molar-refractivity contribution is 6.21. The Morgan fingerprint density at radius 3 is 2.54 bits per heavy atom. The van der Waals surface area contributed by atoms with E-state index in [1.54, 1.807) is 17.0 Å². The van der Waals surface area contributed by atoms with Crippen LogP contribution in [0.2, 0.25) is 0 Å². The summed E-state index contributed by atoms with van der Waals surface area (Å²) in [5, 5.41) is 0. The smallest absolute Gasteiger partial charge is 0.261 e. The Hall–Kier alpha value is -2.17. The molecular formula is C19H24N2O3. The second-order valence-corrected chi connectivity index (χ2v) is 6.99. The molecule has 3 rings (SSSR count). The molecule has 1 aliphatic heterocycles. The van der Waals surface area contributed by atoms with E-state index in [1.807, 2.05) is 20.0 Å². The number of aryl methyl sites for hydroxylation is 1. The van der Waals surface area contributed by atoms with Gasteiger partial charge in [0.25, 0.3) is 11.8 Å². The Bertz CT molecular complexity index is 677. The molecule has 3 amide bonds. The van der Waals surface area contributed by atoms with Gasteiger partial charge in [0.1, 0.15) is 0 Å². The maximum atomic E-state index is 12.4. The molecule has 0 saturated heterocycles. The highest BCUT2D eigenvalue weighted by atomic mass is 16.2. The summed E-state index contributed by atoms with van der Waals surface area (Å²) in [4.78, 5) is 40.0. The summed E-state index contributed by atoms with van der Waals surface area (Å²) in [7, 11) is 1.81. The molecule has 0 spiro atoms. The van der Waals surface area contributed by atoms with Gasteiger partial charge in [-0.1, -0.05) is 24.5 Å². The first kappa shape index (κ1) is 16.7. The first-order valence-electron chi connectivity index (χ1n) is 8.68. The molecule has 1 aromatic rings. The van der Waals surface area contributed by atoms with Crippen molar-refractivity contribution in [2.24, 2.45) is 5.92 Å². The Labute approximate surface area is 142 Å². The van der Waals surface area contributed by atoms with Crippen molar-refractivity contribution in [3.63, 3.8) is 0 Å². The minimum atomic E-state index is -0.291. The molecule has 0 N–H and O–H groups in total. The van der Waals surface area contributed by atoms with Crippen LogP contribution in [0.3, 0.4) is 0 Å². The van der Waals surface area contributed by atoms with Crippen LogP contribution in [0.15, 0.2) is 18.2 Å². The molecule has 128 valence electrons. The van der Waals surface area contributed by atoms with Crippen LogP contribution in [0.1, 0.15) is 58.4 Å². The monoisotopic (exact) mass is 328 g/mol. The molecule has 2 aliphatic rings. The second-order valence-electron chi connectivity index (χ2n) is 6.99. The van der Waals surface area contributed by atoms with Gasteiger partial charge >= 0.3 is 0 Å². The fourth-order valence-electron chi connectivity index (χ4n) is 3.69. The van der Waals surface area contributed by atoms with Crippen LogP contribution in [-0.4, -0.2) is 47.7 Å². The fourth-order valence-corrected chi connectivity index (χ4v) is 3.69. The van der Waals surface area contributed by atoms with E-state index in [0.29, 0.717) is 17.0 Å². The second kappa shape index (κ2) is 6.75. The van der Waals surface area contributed by atoms with Crippen molar-refractivity contribution < 1.29 is 14.4 Å². The molecule has 1 saturated carbocycles. The third-order valence-corrected chi connectivity index (χ3v) is 5.11. The zero-order valence-electron chi connectivity index (χ0n) is 14.4. The average Bonchev–Trinajstić information content (AvgIpc) is 3.14. The number of carbonyl (C=O) groups is 3. The van der Waals surface area contributed by atoms with Gasteiger partial charge in [0.15, 0.2) is 0 Å². The van der Waals surface area contributed by atoms with E-state index in [2.05, 4.69) is 0 Å². The minimum absolute atomic E-state index is 0.00497. The van der Waals surface area contributed by atoms with Crippen LogP contribution in [0.5, 0.6) is 0 Å². The zero-order valence-corrected chi connectivity index (χ0v) is 14.4. The number of carbonyl (C=O) groups excluding carboxylic acids is 3. The largest absolute Gasteiger partial charge is 0.345 e. The number of rotatable bonds is 5. The van der Waals surface area contributed by atoms with Gasteiger partial charge in [-0.3, -0.25) is 19.3 Å². The van der Waals surface area contributed by atoms with Crippen LogP contribution in [0.4, 0.5) is 0 Å². The van der Waals surface area contributed by atoms with Crippen molar-refractivity contribution in [1.29, 1.82) is 0 Å². The van der Waals surface area contributed by atoms with E-state index in [0.717, 1.165) is 12.1 Å². The molecule has 5 heteroatoms. The summed E-state index contributed by atoms with van der Waals surface area (Å²) in [6.07, 6.45) is 5.07. The van der Waals surface area contributed by atoms with Crippen LogP contribution in [0.25, 0.3) is 0 Å². The lowest BCUT2D eigenvalue weighted by atomic mass is 10.1. The summed E-state index contributed by atoms with van der Waals surface area (Å²) >= 11 is 0. The van der Waals surface area contributed by atoms with Crippen LogP contribution < -0.4 is 0 Å². The molecule has 1 aromatic carbocycles. The molecule has 1 fully saturated rings. The first-order valence-corrected chi connectivity index (χ1v) is 8.68. The number of amides is 3. The molecule has 1 aliphatic carbocycles. The predicted molar refractivity (Wildman–Crippen MR) is 90.8 cm³/mol. The predicted octanol–water partition coefficient (Wildman–Crippen LogP) is 2.63. The van der Waals surface area contributed by atoms with Crippen molar-refractivity contribution in [3.05, 3.63) is 34.9 Å². The van der Waals surface area contributed by atoms with Gasteiger partial charge in [0, 0.05) is 26.6 Å². The summed E-state index contributed by atoms with van der Waals surface area (Å²) in [6, 6.07) is 5.26. The van der Waals surface area contributed by atoms with Gasteiger partial charge in [-0.05, 0) is 37.8 Å². The maximum absolute atomic E-state index is 12.4. The number of hydrogen-bond donors (Lipinski definition) is 0. The fraction of sp³-hybridized carbons (Fsp3) is 0.526. The highest BCUT2D eigenvalue weighted by Crippen LogP contribution is 2.26. The van der Waals surface area contributed by atoms with Crippen molar-refractivity contribution in [1.82, 2.24) is 9.80 Å². The third kappa shape index (κ3) is 3.21. The van der Waals surface area contributed by atoms with Gasteiger partial charge in [0.05, 0.1) is 11.1 Å². The summed E-state index contributed by atoms with van der Waals surface area (Å²) in [5.74, 6) is 0.0158. The molecule has 0 bridgehead atoms. The lowest BCUT2D eigenvalue weighted by Crippen LogP contribution is -2.36. The lowest BCUT2D eigenvalue weighted by molar-refractivity contribution is -0.130. The van der Waals surface area contributed by atoms with Crippen LogP contribution in [0, 0.1) is 12.8 Å². The van der Waals surface area contributed by atoms with E-state index in [1.165, 1.54) is 30.6 Å².